The molecule has 0 bridgehead atoms. The topological polar surface area (TPSA) is 68.8 Å². The van der Waals surface area contributed by atoms with Crippen LogP contribution in [0.1, 0.15) is 26.7 Å². The number of carbonyl (C=O) groups excluding carboxylic acids is 1. The fraction of sp³-hybridized carbons (Fsp3) is 0.435. The van der Waals surface area contributed by atoms with Gasteiger partial charge in [-0.1, -0.05) is 26.0 Å². The van der Waals surface area contributed by atoms with Gasteiger partial charge in [-0.25, -0.2) is 0 Å². The lowest BCUT2D eigenvalue weighted by Crippen LogP contribution is -2.21. The molecule has 0 saturated carbocycles. The van der Waals surface area contributed by atoms with E-state index < -0.39 is 0 Å². The van der Waals surface area contributed by atoms with Gasteiger partial charge in [0.25, 0.3) is 0 Å². The maximum absolute atomic E-state index is 12.3. The van der Waals surface area contributed by atoms with Gasteiger partial charge < -0.3 is 24.8 Å². The van der Waals surface area contributed by atoms with Crippen LogP contribution < -0.4 is 20.1 Å². The van der Waals surface area contributed by atoms with Gasteiger partial charge in [-0.3, -0.25) is 4.79 Å². The Morgan fingerprint density at radius 1 is 1.10 bits per heavy atom. The maximum Gasteiger partial charge on any atom is 0.243 e. The average molecular weight is 399 g/mol. The van der Waals surface area contributed by atoms with Crippen LogP contribution in [0, 0.1) is 5.92 Å². The number of rotatable bonds is 10. The second kappa shape index (κ2) is 10.7. The molecule has 1 saturated heterocycles. The summed E-state index contributed by atoms with van der Waals surface area (Å²) in [6.07, 6.45) is 2.29. The monoisotopic (exact) mass is 398 g/mol. The summed E-state index contributed by atoms with van der Waals surface area (Å²) in [6.45, 7) is 6.38. The van der Waals surface area contributed by atoms with Crippen molar-refractivity contribution in [2.75, 3.05) is 37.0 Å². The number of nitrogens with one attached hydrogen (secondary N) is 2. The lowest BCUT2D eigenvalue weighted by Gasteiger charge is -2.13. The van der Waals surface area contributed by atoms with Crippen LogP contribution in [0.4, 0.5) is 11.4 Å². The minimum absolute atomic E-state index is 0.130. The number of anilines is 2. The summed E-state index contributed by atoms with van der Waals surface area (Å²) in [4.78, 5) is 12.3. The Balaban J connectivity index is 1.45. The molecule has 1 amide bonds. The number of ether oxygens (including phenoxy) is 3. The Morgan fingerprint density at radius 2 is 1.83 bits per heavy atom. The summed E-state index contributed by atoms with van der Waals surface area (Å²) in [5.74, 6) is 1.85. The first-order valence-corrected chi connectivity index (χ1v) is 10.2. The van der Waals surface area contributed by atoms with Crippen LogP contribution in [0.5, 0.6) is 11.5 Å². The van der Waals surface area contributed by atoms with Crippen molar-refractivity contribution < 1.29 is 19.0 Å². The zero-order valence-electron chi connectivity index (χ0n) is 17.1. The van der Waals surface area contributed by atoms with Crippen LogP contribution >= 0.6 is 0 Å². The molecule has 1 fully saturated rings. The minimum atomic E-state index is -0.130. The molecule has 1 atom stereocenters. The van der Waals surface area contributed by atoms with Crippen molar-refractivity contribution >= 4 is 17.3 Å². The predicted molar refractivity (Wildman–Crippen MR) is 115 cm³/mol. The number of hydrogen-bond donors (Lipinski definition) is 2. The van der Waals surface area contributed by atoms with Crippen molar-refractivity contribution in [2.45, 2.75) is 32.8 Å². The summed E-state index contributed by atoms with van der Waals surface area (Å²) in [7, 11) is 0. The molecule has 1 aliphatic heterocycles. The van der Waals surface area contributed by atoms with Crippen molar-refractivity contribution in [1.29, 1.82) is 0 Å². The lowest BCUT2D eigenvalue weighted by atomic mass is 10.2. The van der Waals surface area contributed by atoms with E-state index in [1.165, 1.54) is 0 Å². The standard InChI is InChI=1S/C23H30N2O4/c1-17(2)15-28-20-8-3-6-18(12-20)24-14-23(26)25-19-7-4-9-21(13-19)29-16-22-10-5-11-27-22/h3-4,6-9,12-13,17,22,24H,5,10-11,14-16H2,1-2H3,(H,25,26). The average Bonchev–Trinajstić information content (AvgIpc) is 3.24. The molecule has 6 heteroatoms. The summed E-state index contributed by atoms with van der Waals surface area (Å²) in [6, 6.07) is 15.0. The third-order valence-electron chi connectivity index (χ3n) is 4.45. The number of benzene rings is 2. The first kappa shape index (κ1) is 21.0. The molecule has 1 heterocycles. The quantitative estimate of drug-likeness (QED) is 0.623. The predicted octanol–water partition coefficient (Wildman–Crippen LogP) is 4.33. The molecular formula is C23H30N2O4. The van der Waals surface area contributed by atoms with Crippen molar-refractivity contribution in [2.24, 2.45) is 5.92 Å². The summed E-state index contributed by atoms with van der Waals surface area (Å²) < 4.78 is 17.1. The van der Waals surface area contributed by atoms with Gasteiger partial charge in [0.15, 0.2) is 0 Å². The van der Waals surface area contributed by atoms with Gasteiger partial charge in [-0.15, -0.1) is 0 Å². The summed E-state index contributed by atoms with van der Waals surface area (Å²) >= 11 is 0. The normalized spacial score (nSPS) is 15.9. The van der Waals surface area contributed by atoms with Crippen LogP contribution in [0.15, 0.2) is 48.5 Å². The molecule has 1 unspecified atom stereocenters. The molecule has 0 aliphatic carbocycles. The van der Waals surface area contributed by atoms with E-state index in [4.69, 9.17) is 14.2 Å². The third kappa shape index (κ3) is 7.31. The van der Waals surface area contributed by atoms with Crippen LogP contribution in [-0.2, 0) is 9.53 Å². The van der Waals surface area contributed by atoms with Crippen LogP contribution in [0.3, 0.4) is 0 Å². The van der Waals surface area contributed by atoms with Gasteiger partial charge in [-0.05, 0) is 43.0 Å². The highest BCUT2D eigenvalue weighted by atomic mass is 16.5. The lowest BCUT2D eigenvalue weighted by molar-refractivity contribution is -0.114. The van der Waals surface area contributed by atoms with Crippen molar-refractivity contribution in [1.82, 2.24) is 0 Å². The maximum atomic E-state index is 12.3. The molecule has 29 heavy (non-hydrogen) atoms. The molecule has 0 spiro atoms. The highest BCUT2D eigenvalue weighted by Crippen LogP contribution is 2.20. The van der Waals surface area contributed by atoms with E-state index in [-0.39, 0.29) is 18.6 Å². The van der Waals surface area contributed by atoms with E-state index in [1.54, 1.807) is 0 Å². The molecule has 0 aromatic heterocycles. The van der Waals surface area contributed by atoms with Gasteiger partial charge in [-0.2, -0.15) is 0 Å². The number of hydrogen-bond acceptors (Lipinski definition) is 5. The molecular weight excluding hydrogens is 368 g/mol. The largest absolute Gasteiger partial charge is 0.493 e. The molecule has 2 aromatic rings. The Morgan fingerprint density at radius 3 is 2.55 bits per heavy atom. The second-order valence-electron chi connectivity index (χ2n) is 7.61. The number of carbonyl (C=O) groups is 1. The summed E-state index contributed by atoms with van der Waals surface area (Å²) in [5.41, 5.74) is 1.55. The van der Waals surface area contributed by atoms with Crippen LogP contribution in [0.2, 0.25) is 0 Å². The van der Waals surface area contributed by atoms with E-state index in [1.807, 2.05) is 48.5 Å². The molecule has 2 N–H and O–H groups in total. The second-order valence-corrected chi connectivity index (χ2v) is 7.61. The number of amides is 1. The van der Waals surface area contributed by atoms with Crippen molar-refractivity contribution in [3.8, 4) is 11.5 Å². The molecule has 2 aromatic carbocycles. The van der Waals surface area contributed by atoms with Gasteiger partial charge in [0.2, 0.25) is 5.91 Å². The Hall–Kier alpha value is -2.73. The molecule has 0 radical (unpaired) electrons. The van der Waals surface area contributed by atoms with E-state index >= 15 is 0 Å². The minimum Gasteiger partial charge on any atom is -0.493 e. The van der Waals surface area contributed by atoms with Gasteiger partial charge in [0.05, 0.1) is 19.3 Å². The van der Waals surface area contributed by atoms with E-state index in [2.05, 4.69) is 24.5 Å². The fourth-order valence-corrected chi connectivity index (χ4v) is 2.97. The fourth-order valence-electron chi connectivity index (χ4n) is 2.97. The highest BCUT2D eigenvalue weighted by molar-refractivity contribution is 5.93. The Bertz CT molecular complexity index is 788. The first-order valence-electron chi connectivity index (χ1n) is 10.2. The summed E-state index contributed by atoms with van der Waals surface area (Å²) in [5, 5.41) is 6.02. The van der Waals surface area contributed by atoms with E-state index in [0.29, 0.717) is 24.8 Å². The molecule has 3 rings (SSSR count). The molecule has 156 valence electrons. The van der Waals surface area contributed by atoms with Gasteiger partial charge in [0, 0.05) is 30.1 Å². The van der Waals surface area contributed by atoms with E-state index in [9.17, 15) is 4.79 Å². The van der Waals surface area contributed by atoms with Crippen LogP contribution in [0.25, 0.3) is 0 Å². The smallest absolute Gasteiger partial charge is 0.243 e. The van der Waals surface area contributed by atoms with Gasteiger partial charge >= 0.3 is 0 Å². The van der Waals surface area contributed by atoms with E-state index in [0.717, 1.165) is 36.6 Å². The van der Waals surface area contributed by atoms with Crippen molar-refractivity contribution in [3.63, 3.8) is 0 Å². The molecule has 6 nitrogen and oxygen atoms in total. The van der Waals surface area contributed by atoms with Crippen LogP contribution in [-0.4, -0.2) is 38.4 Å². The molecule has 1 aliphatic rings. The zero-order valence-corrected chi connectivity index (χ0v) is 17.1. The highest BCUT2D eigenvalue weighted by Gasteiger charge is 2.16. The first-order chi connectivity index (χ1) is 14.1. The Kier molecular flexibility index (Phi) is 7.76. The Labute approximate surface area is 172 Å². The van der Waals surface area contributed by atoms with Crippen molar-refractivity contribution in [3.05, 3.63) is 48.5 Å². The van der Waals surface area contributed by atoms with Gasteiger partial charge in [0.1, 0.15) is 18.1 Å². The zero-order chi connectivity index (χ0) is 20.5. The third-order valence-corrected chi connectivity index (χ3v) is 4.45. The SMILES string of the molecule is CC(C)COc1cccc(NCC(=O)Nc2cccc(OCC3CCCO3)c2)c1.